The van der Waals surface area contributed by atoms with Crippen LogP contribution < -0.4 is 4.90 Å². The van der Waals surface area contributed by atoms with Crippen molar-refractivity contribution in [3.63, 3.8) is 0 Å². The average molecular weight is 324 g/mol. The minimum Gasteiger partial charge on any atom is -0.345 e. The predicted octanol–water partition coefficient (Wildman–Crippen LogP) is 3.13. The first-order chi connectivity index (χ1) is 10.2. The summed E-state index contributed by atoms with van der Waals surface area (Å²) in [6.07, 6.45) is 2.15. The zero-order valence-corrected chi connectivity index (χ0v) is 15.4. The molecule has 0 saturated carbocycles. The lowest BCUT2D eigenvalue weighted by atomic mass is 9.93. The second-order valence-corrected chi connectivity index (χ2v) is 8.23. The molecule has 1 atom stereocenters. The molecule has 6 heteroatoms. The Morgan fingerprint density at radius 1 is 1.41 bits per heavy atom. The standard InChI is InChI=1S/C16H28N4OS/c1-11(2)13-17-15(22-18-13)20-9-7-8-12(10-20)19(6)14(21)16(3,4)5/h11-12H,7-10H2,1-6H3. The molecule has 1 saturated heterocycles. The van der Waals surface area contributed by atoms with E-state index in [1.165, 1.54) is 11.5 Å². The quantitative estimate of drug-likeness (QED) is 0.857. The first-order valence-electron chi connectivity index (χ1n) is 8.06. The topological polar surface area (TPSA) is 49.3 Å². The number of nitrogens with zero attached hydrogens (tertiary/aromatic N) is 4. The summed E-state index contributed by atoms with van der Waals surface area (Å²) in [6.45, 7) is 12.0. The molecule has 1 fully saturated rings. The van der Waals surface area contributed by atoms with Crippen molar-refractivity contribution >= 4 is 22.6 Å². The monoisotopic (exact) mass is 324 g/mol. The Labute approximate surface area is 137 Å². The zero-order chi connectivity index (χ0) is 16.5. The summed E-state index contributed by atoms with van der Waals surface area (Å²) in [4.78, 5) is 21.3. The van der Waals surface area contributed by atoms with E-state index in [2.05, 4.69) is 28.1 Å². The first kappa shape index (κ1) is 17.2. The van der Waals surface area contributed by atoms with Crippen molar-refractivity contribution in [1.82, 2.24) is 14.3 Å². The molecule has 124 valence electrons. The summed E-state index contributed by atoms with van der Waals surface area (Å²) in [6, 6.07) is 0.256. The molecule has 5 nitrogen and oxygen atoms in total. The molecule has 22 heavy (non-hydrogen) atoms. The van der Waals surface area contributed by atoms with Gasteiger partial charge < -0.3 is 9.80 Å². The Bertz CT molecular complexity index is 520. The van der Waals surface area contributed by atoms with Crippen molar-refractivity contribution < 1.29 is 4.79 Å². The third kappa shape index (κ3) is 3.77. The maximum absolute atomic E-state index is 12.5. The normalized spacial score (nSPS) is 19.6. The summed E-state index contributed by atoms with van der Waals surface area (Å²) in [5.41, 5.74) is -0.329. The second-order valence-electron chi connectivity index (χ2n) is 7.50. The maximum Gasteiger partial charge on any atom is 0.227 e. The molecule has 1 aromatic heterocycles. The Morgan fingerprint density at radius 3 is 2.64 bits per heavy atom. The highest BCUT2D eigenvalue weighted by Gasteiger charge is 2.32. The number of piperidine rings is 1. The van der Waals surface area contributed by atoms with Crippen molar-refractivity contribution in [3.8, 4) is 0 Å². The number of hydrogen-bond donors (Lipinski definition) is 0. The summed E-state index contributed by atoms with van der Waals surface area (Å²) in [7, 11) is 1.93. The lowest BCUT2D eigenvalue weighted by Crippen LogP contribution is -2.51. The zero-order valence-electron chi connectivity index (χ0n) is 14.6. The minimum absolute atomic E-state index is 0.208. The van der Waals surface area contributed by atoms with Crippen LogP contribution in [0.3, 0.4) is 0 Å². The van der Waals surface area contributed by atoms with Gasteiger partial charge in [-0.25, -0.2) is 4.98 Å². The number of carbonyl (C=O) groups is 1. The number of amides is 1. The van der Waals surface area contributed by atoms with E-state index in [0.717, 1.165) is 36.9 Å². The fraction of sp³-hybridized carbons (Fsp3) is 0.812. The number of rotatable bonds is 3. The van der Waals surface area contributed by atoms with Crippen LogP contribution in [0.4, 0.5) is 5.13 Å². The van der Waals surface area contributed by atoms with Crippen LogP contribution in [0.1, 0.15) is 59.2 Å². The van der Waals surface area contributed by atoms with E-state index in [-0.39, 0.29) is 17.4 Å². The van der Waals surface area contributed by atoms with E-state index in [1.807, 2.05) is 32.7 Å². The van der Waals surface area contributed by atoms with Gasteiger partial charge in [0.25, 0.3) is 0 Å². The van der Waals surface area contributed by atoms with Gasteiger partial charge in [-0.15, -0.1) is 0 Å². The highest BCUT2D eigenvalue weighted by Crippen LogP contribution is 2.27. The molecule has 1 aromatic rings. The second kappa shape index (κ2) is 6.52. The Morgan fingerprint density at radius 2 is 2.09 bits per heavy atom. The Kier molecular flexibility index (Phi) is 5.10. The van der Waals surface area contributed by atoms with Crippen molar-refractivity contribution in [1.29, 1.82) is 0 Å². The van der Waals surface area contributed by atoms with E-state index in [4.69, 9.17) is 0 Å². The lowest BCUT2D eigenvalue weighted by molar-refractivity contribution is -0.140. The van der Waals surface area contributed by atoms with Crippen LogP contribution in [0.2, 0.25) is 0 Å². The molecular formula is C16H28N4OS. The van der Waals surface area contributed by atoms with Gasteiger partial charge in [-0.2, -0.15) is 4.37 Å². The van der Waals surface area contributed by atoms with Gasteiger partial charge in [0.2, 0.25) is 11.0 Å². The maximum atomic E-state index is 12.5. The van der Waals surface area contributed by atoms with Gasteiger partial charge in [-0.05, 0) is 12.8 Å². The van der Waals surface area contributed by atoms with Crippen molar-refractivity contribution in [2.75, 3.05) is 25.0 Å². The highest BCUT2D eigenvalue weighted by atomic mass is 32.1. The Hall–Kier alpha value is -1.17. The number of carbonyl (C=O) groups excluding carboxylic acids is 1. The van der Waals surface area contributed by atoms with Gasteiger partial charge in [0.1, 0.15) is 5.82 Å². The summed E-state index contributed by atoms with van der Waals surface area (Å²) < 4.78 is 4.44. The van der Waals surface area contributed by atoms with E-state index in [0.29, 0.717) is 5.92 Å². The van der Waals surface area contributed by atoms with Crippen molar-refractivity contribution in [2.45, 2.75) is 59.4 Å². The molecule has 0 radical (unpaired) electrons. The number of likely N-dealkylation sites (N-methyl/N-ethyl adjacent to an activating group) is 1. The average Bonchev–Trinajstić information content (AvgIpc) is 2.95. The van der Waals surface area contributed by atoms with Gasteiger partial charge in [0.15, 0.2) is 0 Å². The third-order valence-electron chi connectivity index (χ3n) is 4.12. The fourth-order valence-corrected chi connectivity index (χ4v) is 3.57. The van der Waals surface area contributed by atoms with E-state index in [1.54, 1.807) is 0 Å². The molecule has 0 spiro atoms. The van der Waals surface area contributed by atoms with E-state index in [9.17, 15) is 4.79 Å². The number of anilines is 1. The lowest BCUT2D eigenvalue weighted by Gasteiger charge is -2.39. The first-order valence-corrected chi connectivity index (χ1v) is 8.83. The van der Waals surface area contributed by atoms with Crippen LogP contribution in [0, 0.1) is 5.41 Å². The van der Waals surface area contributed by atoms with Crippen LogP contribution >= 0.6 is 11.5 Å². The van der Waals surface area contributed by atoms with E-state index < -0.39 is 0 Å². The van der Waals surface area contributed by atoms with Gasteiger partial charge in [0, 0.05) is 49.0 Å². The molecule has 2 heterocycles. The smallest absolute Gasteiger partial charge is 0.227 e. The SMILES string of the molecule is CC(C)c1nsc(N2CCCC(N(C)C(=O)C(C)(C)C)C2)n1. The van der Waals surface area contributed by atoms with E-state index >= 15 is 0 Å². The van der Waals surface area contributed by atoms with Gasteiger partial charge in [0.05, 0.1) is 0 Å². The summed E-state index contributed by atoms with van der Waals surface area (Å²) >= 11 is 1.47. The van der Waals surface area contributed by atoms with Gasteiger partial charge >= 0.3 is 0 Å². The van der Waals surface area contributed by atoms with Crippen LogP contribution in [0.5, 0.6) is 0 Å². The molecule has 1 amide bonds. The van der Waals surface area contributed by atoms with Crippen LogP contribution in [-0.2, 0) is 4.79 Å². The molecule has 1 aliphatic heterocycles. The highest BCUT2D eigenvalue weighted by molar-refractivity contribution is 7.09. The fourth-order valence-electron chi connectivity index (χ4n) is 2.73. The number of hydrogen-bond acceptors (Lipinski definition) is 5. The largest absolute Gasteiger partial charge is 0.345 e. The van der Waals surface area contributed by atoms with Crippen molar-refractivity contribution in [3.05, 3.63) is 5.82 Å². The van der Waals surface area contributed by atoms with Gasteiger partial charge in [-0.1, -0.05) is 34.6 Å². The molecular weight excluding hydrogens is 296 g/mol. The van der Waals surface area contributed by atoms with Gasteiger partial charge in [-0.3, -0.25) is 4.79 Å². The minimum atomic E-state index is -0.329. The molecule has 0 aliphatic carbocycles. The molecule has 0 bridgehead atoms. The predicted molar refractivity (Wildman–Crippen MR) is 91.5 cm³/mol. The number of aromatic nitrogens is 2. The molecule has 0 N–H and O–H groups in total. The third-order valence-corrected chi connectivity index (χ3v) is 4.92. The summed E-state index contributed by atoms with van der Waals surface area (Å²) in [5, 5.41) is 0.991. The van der Waals surface area contributed by atoms with Crippen LogP contribution in [-0.4, -0.2) is 46.3 Å². The van der Waals surface area contributed by atoms with Crippen LogP contribution in [0.15, 0.2) is 0 Å². The Balaban J connectivity index is 2.06. The van der Waals surface area contributed by atoms with Crippen molar-refractivity contribution in [2.24, 2.45) is 5.41 Å². The molecule has 1 unspecified atom stereocenters. The van der Waals surface area contributed by atoms with Crippen LogP contribution in [0.25, 0.3) is 0 Å². The summed E-state index contributed by atoms with van der Waals surface area (Å²) in [5.74, 6) is 1.48. The molecule has 0 aromatic carbocycles. The molecule has 2 rings (SSSR count). The molecule has 1 aliphatic rings.